The molecule has 0 saturated heterocycles. The van der Waals surface area contributed by atoms with Crippen LogP contribution >= 0.6 is 0 Å². The summed E-state index contributed by atoms with van der Waals surface area (Å²) in [4.78, 5) is 0. The first-order chi connectivity index (χ1) is 7.41. The van der Waals surface area contributed by atoms with Gasteiger partial charge in [-0.05, 0) is 0 Å². The number of rotatable bonds is 4. The largest absolute Gasteiger partial charge is 1.00 e. The minimum atomic E-state index is -5.49. The summed E-state index contributed by atoms with van der Waals surface area (Å²) in [7, 11) is -22.0. The molecule has 0 radical (unpaired) electrons. The number of nitrogens with one attached hydrogen (secondary N) is 2. The summed E-state index contributed by atoms with van der Waals surface area (Å²) in [5, 5.41) is 0. The van der Waals surface area contributed by atoms with Crippen LogP contribution in [0.5, 0.6) is 0 Å². The molecule has 0 aliphatic rings. The van der Waals surface area contributed by atoms with Gasteiger partial charge in [-0.3, -0.25) is 0 Å². The third-order valence-corrected chi connectivity index (χ3v) is 3.58. The Morgan fingerprint density at radius 3 is 0.619 bits per heavy atom. The van der Waals surface area contributed by atoms with Crippen molar-refractivity contribution in [2.75, 3.05) is 0 Å². The zero-order valence-electron chi connectivity index (χ0n) is 10.9. The van der Waals surface area contributed by atoms with Crippen LogP contribution in [0.1, 0.15) is 1.43 Å². The van der Waals surface area contributed by atoms with Gasteiger partial charge >= 0.3 is 79.4 Å². The van der Waals surface area contributed by atoms with Gasteiger partial charge in [0.15, 0.2) is 0 Å². The average molecular weight is 394 g/mol. The summed E-state index contributed by atoms with van der Waals surface area (Å²) < 4.78 is 119. The topological polar surface area (TPSA) is 191 Å². The summed E-state index contributed by atoms with van der Waals surface area (Å²) in [5.41, 5.74) is 0. The van der Waals surface area contributed by atoms with Crippen molar-refractivity contribution in [2.24, 2.45) is 0 Å². The van der Waals surface area contributed by atoms with Gasteiger partial charge in [0.05, 0.1) is 0 Å². The summed E-state index contributed by atoms with van der Waals surface area (Å²) in [6.45, 7) is 0. The van der Waals surface area contributed by atoms with Crippen molar-refractivity contribution in [1.29, 1.82) is 0 Å². The van der Waals surface area contributed by atoms with Crippen molar-refractivity contribution in [2.45, 2.75) is 0 Å². The smallest absolute Gasteiger partial charge is 1.00 e. The Morgan fingerprint density at radius 2 is 0.619 bits per heavy atom. The Hall–Kier alpha value is 0.595. The van der Waals surface area contributed by atoms with E-state index in [1.807, 2.05) is 0 Å². The van der Waals surface area contributed by atoms with Crippen LogP contribution in [0, 0.1) is 0 Å². The molecule has 3 N–H and O–H groups in total. The van der Waals surface area contributed by atoms with Gasteiger partial charge in [-0.15, -0.1) is 0 Å². The van der Waals surface area contributed by atoms with Gasteiger partial charge in [0.1, 0.15) is 0 Å². The van der Waals surface area contributed by atoms with Crippen LogP contribution in [-0.4, -0.2) is 39.1 Å². The van der Waals surface area contributed by atoms with Gasteiger partial charge in [0, 0.05) is 0 Å². The van der Waals surface area contributed by atoms with Crippen molar-refractivity contribution < 1.29 is 93.8 Å². The Labute approximate surface area is 143 Å². The zero-order valence-corrected chi connectivity index (χ0v) is 13.1. The van der Waals surface area contributed by atoms with Gasteiger partial charge in [0.2, 0.25) is 0 Å². The van der Waals surface area contributed by atoms with Gasteiger partial charge in [-0.25, -0.2) is 0 Å². The maximum Gasteiger partial charge on any atom is 1.00 e. The molecule has 0 aromatic heterocycles. The number of hydrogen-bond donors (Lipinski definition) is 2. The molecule has 21 heavy (non-hydrogen) atoms. The predicted octanol–water partition coefficient (Wildman–Crippen LogP) is -8.05. The first-order valence-electron chi connectivity index (χ1n) is 2.77. The summed E-state index contributed by atoms with van der Waals surface area (Å²) in [5.74, 6) is 0. The number of hydrogen-bond acceptors (Lipinski definition) is 9. The maximum atomic E-state index is 11.1. The molecule has 0 aliphatic carbocycles. The standard InChI is InChI=1S/2F2HNO4S2.2Li.H2O.H/c2*1-8(4,5)3-9(2,6)7;;;;/h2*3H;;;1H2;/q;;2*+1;;-1/p-1. The fraction of sp³-hybridized carbons (Fsp3) is 0. The first-order valence-corrected chi connectivity index (χ1v) is 8.30. The minimum Gasteiger partial charge on any atom is -1.00 e. The monoisotopic (exact) mass is 394 g/mol. The molecule has 0 unspecified atom stereocenters. The minimum absolute atomic E-state index is 0. The van der Waals surface area contributed by atoms with Gasteiger partial charge in [0.25, 0.3) is 0 Å². The van der Waals surface area contributed by atoms with Crippen LogP contribution in [-0.2, 0) is 41.6 Å². The fourth-order valence-electron chi connectivity index (χ4n) is 0.238. The van der Waals surface area contributed by atoms with E-state index in [1.165, 1.54) is 0 Å². The molecule has 0 heterocycles. The molecule has 0 fully saturated rings. The third-order valence-electron chi connectivity index (χ3n) is 0.398. The van der Waals surface area contributed by atoms with Crippen LogP contribution in [0.2, 0.25) is 0 Å². The molecule has 0 saturated carbocycles. The third kappa shape index (κ3) is 44.9. The molecule has 0 aromatic rings. The van der Waals surface area contributed by atoms with Gasteiger partial charge < -0.3 is 6.90 Å². The Morgan fingerprint density at radius 1 is 0.524 bits per heavy atom. The molecule has 0 bridgehead atoms. The second kappa shape index (κ2) is 11.2. The quantitative estimate of drug-likeness (QED) is 0.265. The molecule has 11 nitrogen and oxygen atoms in total. The van der Waals surface area contributed by atoms with Crippen LogP contribution < -0.4 is 46.0 Å². The van der Waals surface area contributed by atoms with Crippen LogP contribution in [0.4, 0.5) is 15.5 Å². The van der Waals surface area contributed by atoms with Crippen LogP contribution in [0.3, 0.4) is 0 Å². The molecular formula is H4F4Li2N2O9S4. The molecule has 0 atom stereocenters. The van der Waals surface area contributed by atoms with Crippen molar-refractivity contribution in [3.05, 3.63) is 0 Å². The molecule has 21 heteroatoms. The maximum absolute atomic E-state index is 11.1. The van der Waals surface area contributed by atoms with E-state index in [1.54, 1.807) is 0 Å². The van der Waals surface area contributed by atoms with Crippen LogP contribution in [0.25, 0.3) is 0 Å². The molecule has 0 rings (SSSR count). The summed E-state index contributed by atoms with van der Waals surface area (Å²) in [6.07, 6.45) is 0. The van der Waals surface area contributed by atoms with Crippen LogP contribution in [0.15, 0.2) is 0 Å². The van der Waals surface area contributed by atoms with E-state index in [9.17, 15) is 49.2 Å². The van der Waals surface area contributed by atoms with E-state index < -0.39 is 41.6 Å². The molecule has 0 aromatic carbocycles. The first kappa shape index (κ1) is 33.3. The van der Waals surface area contributed by atoms with E-state index in [0.29, 0.717) is 0 Å². The van der Waals surface area contributed by atoms with E-state index >= 15 is 0 Å². The zero-order chi connectivity index (χ0) is 15.4. The Kier molecular flexibility index (Phi) is 17.7. The van der Waals surface area contributed by atoms with Crippen molar-refractivity contribution >= 4 is 41.6 Å². The summed E-state index contributed by atoms with van der Waals surface area (Å²) in [6, 6.07) is 0. The van der Waals surface area contributed by atoms with E-state index in [4.69, 9.17) is 0 Å². The van der Waals surface area contributed by atoms with Crippen molar-refractivity contribution in [3.63, 3.8) is 0 Å². The number of halogens is 4. The average Bonchev–Trinajstić information content (AvgIpc) is 1.64. The molecule has 0 spiro atoms. The van der Waals surface area contributed by atoms with E-state index in [-0.39, 0.29) is 52.9 Å². The molecule has 122 valence electrons. The Balaban J connectivity index is -0.0000000492. The molecular weight excluding hydrogens is 390 g/mol. The predicted molar refractivity (Wildman–Crippen MR) is 49.4 cm³/mol. The van der Waals surface area contributed by atoms with Crippen molar-refractivity contribution in [3.8, 4) is 0 Å². The second-order valence-corrected chi connectivity index (χ2v) is 6.75. The second-order valence-electron chi connectivity index (χ2n) is 1.92. The Bertz CT molecular complexity index is 562. The van der Waals surface area contributed by atoms with Gasteiger partial charge in [-0.1, -0.05) is 23.8 Å². The van der Waals surface area contributed by atoms with Crippen molar-refractivity contribution in [1.82, 2.24) is 8.25 Å². The molecule has 0 aliphatic heterocycles. The molecule has 0 amide bonds. The summed E-state index contributed by atoms with van der Waals surface area (Å²) >= 11 is 0. The van der Waals surface area contributed by atoms with E-state index in [0.717, 1.165) is 0 Å². The van der Waals surface area contributed by atoms with E-state index in [2.05, 4.69) is 0 Å². The SMILES string of the molecule is O=S(=O)(F)NS(=O)(=O)F.O=S(=O)(F)NS(=O)(=O)F.[H-].[Li+].[Li+].[OH-]. The van der Waals surface area contributed by atoms with Gasteiger partial charge in [-0.2, -0.15) is 33.7 Å². The normalized spacial score (nSPS) is 11.6. The fourth-order valence-corrected chi connectivity index (χ4v) is 2.14.